The Hall–Kier alpha value is -3.00. The molecule has 1 N–H and O–H groups in total. The van der Waals surface area contributed by atoms with Crippen LogP contribution in [0.4, 0.5) is 11.4 Å². The summed E-state index contributed by atoms with van der Waals surface area (Å²) in [6, 6.07) is 13.4. The molecule has 7 nitrogen and oxygen atoms in total. The fraction of sp³-hybridized carbons (Fsp3) is 0.167. The van der Waals surface area contributed by atoms with Gasteiger partial charge >= 0.3 is 0 Å². The third kappa shape index (κ3) is 3.97. The first-order valence-corrected chi connectivity index (χ1v) is 8.77. The van der Waals surface area contributed by atoms with E-state index in [1.807, 2.05) is 31.2 Å². The van der Waals surface area contributed by atoms with Gasteiger partial charge in [-0.2, -0.15) is 0 Å². The number of nitrogens with zero attached hydrogens (tertiary/aromatic N) is 3. The van der Waals surface area contributed by atoms with Gasteiger partial charge in [0.2, 0.25) is 5.91 Å². The topological polar surface area (TPSA) is 98.0 Å². The van der Waals surface area contributed by atoms with Crippen molar-refractivity contribution in [3.63, 3.8) is 0 Å². The van der Waals surface area contributed by atoms with Crippen molar-refractivity contribution in [3.05, 3.63) is 64.5 Å². The highest BCUT2D eigenvalue weighted by Crippen LogP contribution is 2.29. The van der Waals surface area contributed by atoms with Gasteiger partial charge in [-0.25, -0.2) is 9.97 Å². The maximum atomic E-state index is 12.4. The van der Waals surface area contributed by atoms with Crippen LogP contribution in [0.25, 0.3) is 10.9 Å². The van der Waals surface area contributed by atoms with Crippen molar-refractivity contribution in [1.82, 2.24) is 9.97 Å². The Morgan fingerprint density at radius 1 is 1.15 bits per heavy atom. The molecule has 1 heterocycles. The number of aryl methyl sites for hydroxylation is 1. The molecule has 0 saturated heterocycles. The molecule has 0 bridgehead atoms. The van der Waals surface area contributed by atoms with Crippen LogP contribution in [0.5, 0.6) is 0 Å². The molecule has 1 aromatic heterocycles. The van der Waals surface area contributed by atoms with Crippen molar-refractivity contribution in [2.45, 2.75) is 24.1 Å². The van der Waals surface area contributed by atoms with Crippen molar-refractivity contribution in [2.75, 3.05) is 5.32 Å². The first-order valence-electron chi connectivity index (χ1n) is 7.89. The number of para-hydroxylation sites is 1. The van der Waals surface area contributed by atoms with E-state index in [1.54, 1.807) is 6.92 Å². The number of nitro benzene ring substituents is 1. The van der Waals surface area contributed by atoms with Gasteiger partial charge < -0.3 is 5.32 Å². The highest BCUT2D eigenvalue weighted by atomic mass is 32.2. The van der Waals surface area contributed by atoms with Gasteiger partial charge in [-0.1, -0.05) is 30.0 Å². The van der Waals surface area contributed by atoms with Crippen molar-refractivity contribution in [2.24, 2.45) is 0 Å². The first kappa shape index (κ1) is 17.8. The van der Waals surface area contributed by atoms with Gasteiger partial charge in [0.05, 0.1) is 15.7 Å². The number of non-ortho nitro benzene ring substituents is 1. The Labute approximate surface area is 154 Å². The summed E-state index contributed by atoms with van der Waals surface area (Å²) < 4.78 is 0. The van der Waals surface area contributed by atoms with Gasteiger partial charge in [0.1, 0.15) is 10.9 Å². The number of rotatable bonds is 5. The van der Waals surface area contributed by atoms with Gasteiger partial charge in [0.15, 0.2) is 0 Å². The Balaban J connectivity index is 1.74. The van der Waals surface area contributed by atoms with Crippen LogP contribution in [0.15, 0.2) is 53.6 Å². The minimum absolute atomic E-state index is 0.0200. The summed E-state index contributed by atoms with van der Waals surface area (Å²) in [6.45, 7) is 3.61. The monoisotopic (exact) mass is 368 g/mol. The maximum absolute atomic E-state index is 12.4. The number of nitro groups is 1. The molecule has 2 aromatic carbocycles. The fourth-order valence-corrected chi connectivity index (χ4v) is 3.36. The van der Waals surface area contributed by atoms with Gasteiger partial charge in [-0.3, -0.25) is 14.9 Å². The van der Waals surface area contributed by atoms with Gasteiger partial charge in [-0.05, 0) is 32.0 Å². The molecule has 8 heteroatoms. The molecule has 0 radical (unpaired) electrons. The van der Waals surface area contributed by atoms with Crippen molar-refractivity contribution >= 4 is 39.9 Å². The third-order valence-corrected chi connectivity index (χ3v) is 4.79. The number of aromatic nitrogens is 2. The van der Waals surface area contributed by atoms with E-state index < -0.39 is 10.2 Å². The highest BCUT2D eigenvalue weighted by Gasteiger charge is 2.18. The minimum atomic E-state index is -0.480. The predicted octanol–water partition coefficient (Wildman–Crippen LogP) is 3.97. The number of fused-ring (bicyclic) bond motifs is 1. The molecule has 3 aromatic rings. The highest BCUT2D eigenvalue weighted by molar-refractivity contribution is 8.00. The summed E-state index contributed by atoms with van der Waals surface area (Å²) in [5.74, 6) is 0.443. The van der Waals surface area contributed by atoms with Crippen LogP contribution in [0.3, 0.4) is 0 Å². The van der Waals surface area contributed by atoms with Gasteiger partial charge in [0, 0.05) is 23.2 Å². The second kappa shape index (κ2) is 7.49. The van der Waals surface area contributed by atoms with Crippen molar-refractivity contribution in [3.8, 4) is 0 Å². The lowest BCUT2D eigenvalue weighted by molar-refractivity contribution is -0.384. The van der Waals surface area contributed by atoms with E-state index in [9.17, 15) is 14.9 Å². The number of hydrogen-bond donors (Lipinski definition) is 1. The van der Waals surface area contributed by atoms with Crippen LogP contribution in [0, 0.1) is 17.0 Å². The van der Waals surface area contributed by atoms with Crippen molar-refractivity contribution < 1.29 is 9.72 Å². The van der Waals surface area contributed by atoms with Gasteiger partial charge in [0.25, 0.3) is 5.69 Å². The molecule has 1 atom stereocenters. The van der Waals surface area contributed by atoms with Gasteiger partial charge in [-0.15, -0.1) is 0 Å². The lowest BCUT2D eigenvalue weighted by atomic mass is 10.2. The number of benzene rings is 2. The third-order valence-electron chi connectivity index (χ3n) is 3.68. The van der Waals surface area contributed by atoms with Crippen LogP contribution in [-0.4, -0.2) is 26.0 Å². The van der Waals surface area contributed by atoms with E-state index in [0.29, 0.717) is 11.5 Å². The number of anilines is 1. The largest absolute Gasteiger partial charge is 0.325 e. The number of nitrogens with one attached hydrogen (secondary N) is 1. The fourth-order valence-electron chi connectivity index (χ4n) is 2.38. The summed E-state index contributed by atoms with van der Waals surface area (Å²) in [5, 5.41) is 14.7. The molecule has 1 amide bonds. The van der Waals surface area contributed by atoms with E-state index in [2.05, 4.69) is 15.3 Å². The molecular weight excluding hydrogens is 352 g/mol. The van der Waals surface area contributed by atoms with Crippen LogP contribution in [0.1, 0.15) is 12.7 Å². The normalized spacial score (nSPS) is 11.9. The van der Waals surface area contributed by atoms with Crippen LogP contribution in [-0.2, 0) is 4.79 Å². The first-order chi connectivity index (χ1) is 12.4. The van der Waals surface area contributed by atoms with E-state index in [1.165, 1.54) is 36.0 Å². The molecule has 0 fully saturated rings. The number of carbonyl (C=O) groups is 1. The zero-order chi connectivity index (χ0) is 18.7. The zero-order valence-corrected chi connectivity index (χ0v) is 15.0. The molecule has 0 aliphatic carbocycles. The predicted molar refractivity (Wildman–Crippen MR) is 101 cm³/mol. The van der Waals surface area contributed by atoms with Crippen LogP contribution >= 0.6 is 11.8 Å². The average Bonchev–Trinajstić information content (AvgIpc) is 2.62. The molecule has 0 spiro atoms. The van der Waals surface area contributed by atoms with E-state index in [4.69, 9.17) is 0 Å². The second-order valence-corrected chi connectivity index (χ2v) is 6.98. The quantitative estimate of drug-likeness (QED) is 0.317. The van der Waals surface area contributed by atoms with Crippen molar-refractivity contribution in [1.29, 1.82) is 0 Å². The number of amides is 1. The second-order valence-electron chi connectivity index (χ2n) is 5.65. The lowest BCUT2D eigenvalue weighted by Crippen LogP contribution is -2.22. The molecular formula is C18H16N4O3S. The van der Waals surface area contributed by atoms with Crippen LogP contribution < -0.4 is 5.32 Å². The number of hydrogen-bond acceptors (Lipinski definition) is 6. The molecule has 0 aliphatic rings. The average molecular weight is 368 g/mol. The maximum Gasteiger partial charge on any atom is 0.269 e. The summed E-state index contributed by atoms with van der Waals surface area (Å²) in [7, 11) is 0. The van der Waals surface area contributed by atoms with E-state index >= 15 is 0 Å². The van der Waals surface area contributed by atoms with E-state index in [0.717, 1.165) is 15.9 Å². The SMILES string of the molecule is Cc1nc(SC(C)C(=O)Nc2ccc([N+](=O)[O-])cc2)c2ccccc2n1. The lowest BCUT2D eigenvalue weighted by Gasteiger charge is -2.13. The van der Waals surface area contributed by atoms with Crippen LogP contribution in [0.2, 0.25) is 0 Å². The number of thioether (sulfide) groups is 1. The Morgan fingerprint density at radius 2 is 1.85 bits per heavy atom. The van der Waals surface area contributed by atoms with E-state index in [-0.39, 0.29) is 11.6 Å². The Morgan fingerprint density at radius 3 is 2.54 bits per heavy atom. The molecule has 26 heavy (non-hydrogen) atoms. The minimum Gasteiger partial charge on any atom is -0.325 e. The Bertz CT molecular complexity index is 976. The molecule has 3 rings (SSSR count). The number of carbonyl (C=O) groups excluding carboxylic acids is 1. The molecule has 132 valence electrons. The summed E-state index contributed by atoms with van der Waals surface area (Å²) >= 11 is 1.35. The summed E-state index contributed by atoms with van der Waals surface area (Å²) in [5.41, 5.74) is 1.33. The summed E-state index contributed by atoms with van der Waals surface area (Å²) in [4.78, 5) is 31.5. The standard InChI is InChI=1S/C18H16N4O3S/c1-11(17(23)21-13-7-9-14(10-8-13)22(24)25)26-18-15-5-3-4-6-16(15)19-12(2)20-18/h3-11H,1-2H3,(H,21,23). The summed E-state index contributed by atoms with van der Waals surface area (Å²) in [6.07, 6.45) is 0. The molecule has 1 unspecified atom stereocenters. The molecule has 0 aliphatic heterocycles. The Kier molecular flexibility index (Phi) is 5.13. The zero-order valence-electron chi connectivity index (χ0n) is 14.2. The smallest absolute Gasteiger partial charge is 0.269 e. The molecule has 0 saturated carbocycles.